The van der Waals surface area contributed by atoms with Crippen molar-refractivity contribution in [1.29, 1.82) is 0 Å². The number of hydrogen-bond donors (Lipinski definition) is 2. The quantitative estimate of drug-likeness (QED) is 0.822. The molecule has 142 valence electrons. The van der Waals surface area contributed by atoms with E-state index in [1.807, 2.05) is 18.2 Å². The summed E-state index contributed by atoms with van der Waals surface area (Å²) in [6.07, 6.45) is 1.67. The van der Waals surface area contributed by atoms with E-state index in [0.717, 1.165) is 36.4 Å². The Morgan fingerprint density at radius 3 is 2.63 bits per heavy atom. The summed E-state index contributed by atoms with van der Waals surface area (Å²) in [5.41, 5.74) is 1.37. The molecule has 7 heteroatoms. The van der Waals surface area contributed by atoms with Crippen molar-refractivity contribution in [3.05, 3.63) is 58.4 Å². The van der Waals surface area contributed by atoms with Crippen LogP contribution in [0.4, 0.5) is 4.39 Å². The fourth-order valence-corrected chi connectivity index (χ4v) is 3.54. The lowest BCUT2D eigenvalue weighted by atomic mass is 9.86. The second kappa shape index (κ2) is 7.74. The highest BCUT2D eigenvalue weighted by Gasteiger charge is 2.30. The average molecular weight is 391 g/mol. The third kappa shape index (κ3) is 4.34. The van der Waals surface area contributed by atoms with Crippen molar-refractivity contribution in [3.63, 3.8) is 0 Å². The fourth-order valence-electron chi connectivity index (χ4n) is 3.32. The molecule has 0 bridgehead atoms. The van der Waals surface area contributed by atoms with Crippen LogP contribution in [-0.4, -0.2) is 31.2 Å². The van der Waals surface area contributed by atoms with Crippen molar-refractivity contribution in [2.45, 2.75) is 31.5 Å². The highest BCUT2D eigenvalue weighted by Crippen LogP contribution is 2.31. The Morgan fingerprint density at radius 1 is 1.07 bits per heavy atom. The molecule has 0 aromatic heterocycles. The molecular weight excluding hydrogens is 371 g/mol. The number of ether oxygens (including phenoxy) is 2. The Bertz CT molecular complexity index is 835. The molecule has 27 heavy (non-hydrogen) atoms. The summed E-state index contributed by atoms with van der Waals surface area (Å²) in [4.78, 5) is 12.2. The van der Waals surface area contributed by atoms with E-state index in [1.54, 1.807) is 0 Å². The van der Waals surface area contributed by atoms with Crippen LogP contribution in [0.25, 0.3) is 0 Å². The maximum absolute atomic E-state index is 13.4. The number of amides is 1. The molecule has 2 aromatic rings. The van der Waals surface area contributed by atoms with Crippen LogP contribution < -0.4 is 20.1 Å². The average Bonchev–Trinajstić information content (AvgIpc) is 2.62. The van der Waals surface area contributed by atoms with Crippen molar-refractivity contribution in [2.75, 3.05) is 13.2 Å². The third-order valence-corrected chi connectivity index (χ3v) is 5.02. The summed E-state index contributed by atoms with van der Waals surface area (Å²) in [6.45, 7) is 1.88. The van der Waals surface area contributed by atoms with Crippen molar-refractivity contribution in [3.8, 4) is 11.5 Å². The first kappa shape index (κ1) is 18.1. The second-order valence-electron chi connectivity index (χ2n) is 6.86. The summed E-state index contributed by atoms with van der Waals surface area (Å²) < 4.78 is 24.5. The summed E-state index contributed by atoms with van der Waals surface area (Å²) in [7, 11) is 0. The van der Waals surface area contributed by atoms with Crippen LogP contribution >= 0.6 is 11.6 Å². The zero-order chi connectivity index (χ0) is 18.8. The first-order valence-corrected chi connectivity index (χ1v) is 9.33. The summed E-state index contributed by atoms with van der Waals surface area (Å²) >= 11 is 5.80. The monoisotopic (exact) mass is 390 g/mol. The largest absolute Gasteiger partial charge is 0.486 e. The van der Waals surface area contributed by atoms with Gasteiger partial charge in [0.15, 0.2) is 11.5 Å². The van der Waals surface area contributed by atoms with Crippen LogP contribution in [-0.2, 0) is 6.54 Å². The van der Waals surface area contributed by atoms with Crippen molar-refractivity contribution in [2.24, 2.45) is 0 Å². The van der Waals surface area contributed by atoms with E-state index in [2.05, 4.69) is 10.6 Å². The normalized spacial score (nSPS) is 20.7. The Balaban J connectivity index is 1.23. The van der Waals surface area contributed by atoms with Crippen LogP contribution in [0.3, 0.4) is 0 Å². The van der Waals surface area contributed by atoms with Gasteiger partial charge in [-0.15, -0.1) is 0 Å². The van der Waals surface area contributed by atoms with E-state index in [0.29, 0.717) is 19.3 Å². The lowest BCUT2D eigenvalue weighted by molar-refractivity contribution is 0.0901. The summed E-state index contributed by atoms with van der Waals surface area (Å²) in [5.74, 6) is 0.758. The Labute approximate surface area is 161 Å². The number of benzene rings is 2. The van der Waals surface area contributed by atoms with Gasteiger partial charge in [0.05, 0.1) is 0 Å². The maximum Gasteiger partial charge on any atom is 0.251 e. The van der Waals surface area contributed by atoms with Gasteiger partial charge >= 0.3 is 0 Å². The number of fused-ring (bicyclic) bond motifs is 1. The molecule has 2 N–H and O–H groups in total. The van der Waals surface area contributed by atoms with E-state index in [-0.39, 0.29) is 22.5 Å². The molecule has 0 saturated heterocycles. The first-order valence-electron chi connectivity index (χ1n) is 8.96. The number of rotatable bonds is 5. The molecule has 0 radical (unpaired) electrons. The number of carbonyl (C=O) groups excluding carboxylic acids is 1. The number of hydrogen-bond acceptors (Lipinski definition) is 4. The lowest BCUT2D eigenvalue weighted by Gasteiger charge is -2.36. The number of carbonyl (C=O) groups is 1. The van der Waals surface area contributed by atoms with E-state index in [1.165, 1.54) is 18.2 Å². The lowest BCUT2D eigenvalue weighted by Crippen LogP contribution is -2.52. The van der Waals surface area contributed by atoms with Gasteiger partial charge in [0.2, 0.25) is 0 Å². The minimum atomic E-state index is -0.514. The molecular formula is C20H20ClFN2O3. The SMILES string of the molecule is O=C(N[C@H]1C[C@H](NCc2ccc3c(c2)OCCO3)C1)c1cc(F)cc(Cl)c1. The van der Waals surface area contributed by atoms with Crippen LogP contribution in [0.5, 0.6) is 11.5 Å². The minimum Gasteiger partial charge on any atom is -0.486 e. The van der Waals surface area contributed by atoms with Gasteiger partial charge in [-0.1, -0.05) is 17.7 Å². The van der Waals surface area contributed by atoms with Crippen molar-refractivity contribution in [1.82, 2.24) is 10.6 Å². The summed E-state index contributed by atoms with van der Waals surface area (Å²) in [5, 5.41) is 6.61. The molecule has 5 nitrogen and oxygen atoms in total. The molecule has 1 fully saturated rings. The van der Waals surface area contributed by atoms with Crippen molar-refractivity contribution < 1.29 is 18.7 Å². The molecule has 1 heterocycles. The molecule has 4 rings (SSSR count). The topological polar surface area (TPSA) is 59.6 Å². The fraction of sp³-hybridized carbons (Fsp3) is 0.350. The maximum atomic E-state index is 13.4. The van der Waals surface area contributed by atoms with Crippen LogP contribution in [0, 0.1) is 5.82 Å². The van der Waals surface area contributed by atoms with Gasteiger partial charge in [0, 0.05) is 29.2 Å². The van der Waals surface area contributed by atoms with Crippen LogP contribution in [0.2, 0.25) is 5.02 Å². The standard InChI is InChI=1S/C20H20ClFN2O3/c21-14-6-13(7-15(22)8-14)20(25)24-17-9-16(10-17)23-11-12-1-2-18-19(5-12)27-4-3-26-18/h1-2,5-8,16-17,23H,3-4,9-11H2,(H,24,25)/t16-,17-. The van der Waals surface area contributed by atoms with E-state index in [9.17, 15) is 9.18 Å². The molecule has 2 aromatic carbocycles. The van der Waals surface area contributed by atoms with Crippen LogP contribution in [0.1, 0.15) is 28.8 Å². The molecule has 1 saturated carbocycles. The van der Waals surface area contributed by atoms with Gasteiger partial charge in [0.25, 0.3) is 5.91 Å². The first-order chi connectivity index (χ1) is 13.1. The number of nitrogens with one attached hydrogen (secondary N) is 2. The van der Waals surface area contributed by atoms with E-state index >= 15 is 0 Å². The highest BCUT2D eigenvalue weighted by molar-refractivity contribution is 6.31. The smallest absolute Gasteiger partial charge is 0.251 e. The van der Waals surface area contributed by atoms with Gasteiger partial charge in [-0.3, -0.25) is 4.79 Å². The molecule has 0 atom stereocenters. The second-order valence-corrected chi connectivity index (χ2v) is 7.29. The van der Waals surface area contributed by atoms with Gasteiger partial charge in [-0.05, 0) is 48.7 Å². The molecule has 1 aliphatic carbocycles. The third-order valence-electron chi connectivity index (χ3n) is 4.80. The Morgan fingerprint density at radius 2 is 1.85 bits per heavy atom. The van der Waals surface area contributed by atoms with E-state index < -0.39 is 5.82 Å². The van der Waals surface area contributed by atoms with Gasteiger partial charge in [0.1, 0.15) is 19.0 Å². The van der Waals surface area contributed by atoms with Crippen LogP contribution in [0.15, 0.2) is 36.4 Å². The van der Waals surface area contributed by atoms with E-state index in [4.69, 9.17) is 21.1 Å². The zero-order valence-corrected chi connectivity index (χ0v) is 15.4. The molecule has 2 aliphatic rings. The molecule has 0 unspecified atom stereocenters. The summed E-state index contributed by atoms with van der Waals surface area (Å²) in [6, 6.07) is 10.2. The minimum absolute atomic E-state index is 0.0808. The Kier molecular flexibility index (Phi) is 5.18. The molecule has 1 amide bonds. The van der Waals surface area contributed by atoms with Gasteiger partial charge < -0.3 is 20.1 Å². The highest BCUT2D eigenvalue weighted by atomic mass is 35.5. The predicted molar refractivity (Wildman–Crippen MR) is 100.0 cm³/mol. The zero-order valence-electron chi connectivity index (χ0n) is 14.6. The molecule has 0 spiro atoms. The van der Waals surface area contributed by atoms with Gasteiger partial charge in [-0.2, -0.15) is 0 Å². The van der Waals surface area contributed by atoms with Crippen molar-refractivity contribution >= 4 is 17.5 Å². The predicted octanol–water partition coefficient (Wildman–Crippen LogP) is 3.30. The molecule has 1 aliphatic heterocycles. The number of halogens is 2. The van der Waals surface area contributed by atoms with Gasteiger partial charge in [-0.25, -0.2) is 4.39 Å². The Hall–Kier alpha value is -2.31.